The van der Waals surface area contributed by atoms with E-state index in [-0.39, 0.29) is 5.82 Å². The van der Waals surface area contributed by atoms with Gasteiger partial charge < -0.3 is 10.6 Å². The summed E-state index contributed by atoms with van der Waals surface area (Å²) in [5.41, 5.74) is 7.62. The van der Waals surface area contributed by atoms with Crippen LogP contribution in [-0.4, -0.2) is 37.1 Å². The third-order valence-corrected chi connectivity index (χ3v) is 5.31. The monoisotopic (exact) mass is 389 g/mol. The summed E-state index contributed by atoms with van der Waals surface area (Å²) in [6.45, 7) is 4.39. The summed E-state index contributed by atoms with van der Waals surface area (Å²) in [5.74, 6) is -0.170. The highest BCUT2D eigenvalue weighted by Crippen LogP contribution is 2.31. The molecule has 2 aliphatic rings. The number of hydrogen-bond acceptors (Lipinski definition) is 3. The summed E-state index contributed by atoms with van der Waals surface area (Å²) >= 11 is 1.99. The first kappa shape index (κ1) is 14.4. The summed E-state index contributed by atoms with van der Waals surface area (Å²) < 4.78 is 14.4. The Morgan fingerprint density at radius 2 is 1.90 bits per heavy atom. The second kappa shape index (κ2) is 6.05. The first-order valence-corrected chi connectivity index (χ1v) is 8.46. The Morgan fingerprint density at radius 1 is 1.15 bits per heavy atom. The molecule has 0 spiro atoms. The van der Waals surface area contributed by atoms with Crippen molar-refractivity contribution in [1.82, 2.24) is 4.90 Å². The van der Waals surface area contributed by atoms with Crippen molar-refractivity contribution >= 4 is 34.0 Å². The number of nitrogen functional groups attached to an aromatic ring is 1. The normalized spacial score (nSPS) is 24.3. The van der Waals surface area contributed by atoms with E-state index in [2.05, 4.69) is 9.80 Å². The minimum atomic E-state index is -0.170. The average molecular weight is 389 g/mol. The Morgan fingerprint density at radius 3 is 2.65 bits per heavy atom. The largest absolute Gasteiger partial charge is 0.397 e. The van der Waals surface area contributed by atoms with Gasteiger partial charge in [-0.15, -0.1) is 0 Å². The number of piperidine rings is 1. The summed E-state index contributed by atoms with van der Waals surface area (Å²) in [6, 6.07) is 3.94. The molecule has 2 saturated heterocycles. The van der Waals surface area contributed by atoms with Crippen LogP contribution in [0.3, 0.4) is 0 Å². The van der Waals surface area contributed by atoms with Crippen LogP contribution in [0.5, 0.6) is 0 Å². The van der Waals surface area contributed by atoms with E-state index in [9.17, 15) is 4.39 Å². The van der Waals surface area contributed by atoms with Crippen LogP contribution in [0.15, 0.2) is 12.1 Å². The summed E-state index contributed by atoms with van der Waals surface area (Å²) in [6.07, 6.45) is 5.16. The molecule has 5 heteroatoms. The van der Waals surface area contributed by atoms with Crippen LogP contribution in [0.1, 0.15) is 25.7 Å². The van der Waals surface area contributed by atoms with E-state index < -0.39 is 0 Å². The number of benzene rings is 1. The summed E-state index contributed by atoms with van der Waals surface area (Å²) in [4.78, 5) is 4.84. The first-order valence-electron chi connectivity index (χ1n) is 7.38. The summed E-state index contributed by atoms with van der Waals surface area (Å²) in [7, 11) is 0. The van der Waals surface area contributed by atoms with Crippen LogP contribution in [-0.2, 0) is 0 Å². The topological polar surface area (TPSA) is 32.5 Å². The maximum absolute atomic E-state index is 13.8. The maximum Gasteiger partial charge on any atom is 0.138 e. The minimum absolute atomic E-state index is 0.170. The van der Waals surface area contributed by atoms with Gasteiger partial charge in [0.25, 0.3) is 0 Å². The van der Waals surface area contributed by atoms with Gasteiger partial charge in [-0.3, -0.25) is 4.90 Å². The van der Waals surface area contributed by atoms with Crippen molar-refractivity contribution in [2.45, 2.75) is 31.7 Å². The van der Waals surface area contributed by atoms with Gasteiger partial charge in [0.1, 0.15) is 5.82 Å². The average Bonchev–Trinajstić information content (AvgIpc) is 2.93. The van der Waals surface area contributed by atoms with E-state index in [4.69, 9.17) is 5.73 Å². The van der Waals surface area contributed by atoms with Gasteiger partial charge in [-0.2, -0.15) is 0 Å². The number of anilines is 2. The molecule has 2 heterocycles. The van der Waals surface area contributed by atoms with Gasteiger partial charge in [0.05, 0.1) is 14.9 Å². The van der Waals surface area contributed by atoms with Crippen molar-refractivity contribution in [3.63, 3.8) is 0 Å². The molecule has 3 nitrogen and oxygen atoms in total. The highest BCUT2D eigenvalue weighted by molar-refractivity contribution is 14.1. The smallest absolute Gasteiger partial charge is 0.138 e. The van der Waals surface area contributed by atoms with Gasteiger partial charge >= 0.3 is 0 Å². The molecule has 0 radical (unpaired) electrons. The molecule has 1 atom stereocenters. The van der Waals surface area contributed by atoms with Crippen molar-refractivity contribution in [3.05, 3.63) is 21.5 Å². The van der Waals surface area contributed by atoms with Crippen LogP contribution >= 0.6 is 22.6 Å². The van der Waals surface area contributed by atoms with E-state index in [1.165, 1.54) is 32.4 Å². The van der Waals surface area contributed by atoms with Crippen LogP contribution in [0.4, 0.5) is 15.8 Å². The number of hydrogen-bond donors (Lipinski definition) is 1. The Balaban J connectivity index is 1.72. The molecule has 1 unspecified atom stereocenters. The zero-order valence-corrected chi connectivity index (χ0v) is 13.8. The Bertz CT molecular complexity index is 488. The van der Waals surface area contributed by atoms with E-state index in [0.29, 0.717) is 15.3 Å². The third-order valence-electron chi connectivity index (χ3n) is 4.48. The lowest BCUT2D eigenvalue weighted by Crippen LogP contribution is -2.40. The lowest BCUT2D eigenvalue weighted by molar-refractivity contribution is 0.175. The Kier molecular flexibility index (Phi) is 4.35. The number of likely N-dealkylation sites (tertiary alicyclic amines) is 1. The van der Waals surface area contributed by atoms with Gasteiger partial charge in [-0.25, -0.2) is 4.39 Å². The van der Waals surface area contributed by atoms with Crippen LogP contribution in [0, 0.1) is 9.39 Å². The van der Waals surface area contributed by atoms with Crippen molar-refractivity contribution in [1.29, 1.82) is 0 Å². The molecule has 20 heavy (non-hydrogen) atoms. The Labute approximate surface area is 133 Å². The molecule has 0 saturated carbocycles. The molecule has 0 aromatic heterocycles. The molecule has 110 valence electrons. The number of rotatable bonds is 2. The fourth-order valence-electron chi connectivity index (χ4n) is 3.37. The number of nitrogens with zero attached hydrogens (tertiary/aromatic N) is 2. The molecule has 2 aliphatic heterocycles. The van der Waals surface area contributed by atoms with Gasteiger partial charge in [0, 0.05) is 25.2 Å². The van der Waals surface area contributed by atoms with E-state index in [0.717, 1.165) is 25.2 Å². The molecule has 1 aromatic carbocycles. The molecule has 0 bridgehead atoms. The SMILES string of the molecule is Nc1cc(I)c(F)cc1N1CCC(N2CCCCC2)C1. The molecular formula is C15H21FIN3. The van der Waals surface area contributed by atoms with E-state index in [1.807, 2.05) is 22.6 Å². The van der Waals surface area contributed by atoms with Gasteiger partial charge in [0.15, 0.2) is 0 Å². The summed E-state index contributed by atoms with van der Waals surface area (Å²) in [5, 5.41) is 0. The predicted octanol–water partition coefficient (Wildman–Crippen LogP) is 3.08. The molecule has 0 aliphatic carbocycles. The van der Waals surface area contributed by atoms with Crippen molar-refractivity contribution in [3.8, 4) is 0 Å². The molecule has 2 N–H and O–H groups in total. The van der Waals surface area contributed by atoms with E-state index in [1.54, 1.807) is 12.1 Å². The van der Waals surface area contributed by atoms with Crippen molar-refractivity contribution in [2.24, 2.45) is 0 Å². The quantitative estimate of drug-likeness (QED) is 0.624. The maximum atomic E-state index is 13.8. The molecule has 3 rings (SSSR count). The van der Waals surface area contributed by atoms with Gasteiger partial charge in [-0.1, -0.05) is 6.42 Å². The van der Waals surface area contributed by atoms with Crippen LogP contribution in [0.2, 0.25) is 0 Å². The number of nitrogens with two attached hydrogens (primary N) is 1. The first-order chi connectivity index (χ1) is 9.65. The Hall–Kier alpha value is -0.560. The lowest BCUT2D eigenvalue weighted by atomic mass is 10.1. The van der Waals surface area contributed by atoms with Gasteiger partial charge in [-0.05, 0) is 61.0 Å². The standard InChI is InChI=1S/C15H21FIN3/c16-12-8-15(14(18)9-13(12)17)20-7-4-11(10-20)19-5-2-1-3-6-19/h8-9,11H,1-7,10,18H2. The zero-order valence-electron chi connectivity index (χ0n) is 11.6. The highest BCUT2D eigenvalue weighted by Gasteiger charge is 2.29. The van der Waals surface area contributed by atoms with Crippen molar-refractivity contribution < 1.29 is 4.39 Å². The lowest BCUT2D eigenvalue weighted by Gasteiger charge is -2.32. The van der Waals surface area contributed by atoms with Crippen molar-refractivity contribution in [2.75, 3.05) is 36.8 Å². The zero-order chi connectivity index (χ0) is 14.1. The highest BCUT2D eigenvalue weighted by atomic mass is 127. The second-order valence-corrected chi connectivity index (χ2v) is 6.97. The molecule has 0 amide bonds. The minimum Gasteiger partial charge on any atom is -0.397 e. The fraction of sp³-hybridized carbons (Fsp3) is 0.600. The fourth-order valence-corrected chi connectivity index (χ4v) is 3.86. The van der Waals surface area contributed by atoms with Crippen LogP contribution < -0.4 is 10.6 Å². The predicted molar refractivity (Wildman–Crippen MR) is 89.6 cm³/mol. The molecular weight excluding hydrogens is 368 g/mol. The third kappa shape index (κ3) is 2.88. The van der Waals surface area contributed by atoms with E-state index >= 15 is 0 Å². The molecule has 2 fully saturated rings. The van der Waals surface area contributed by atoms with Crippen LogP contribution in [0.25, 0.3) is 0 Å². The second-order valence-electron chi connectivity index (χ2n) is 5.81. The number of halogens is 2. The molecule has 1 aromatic rings. The van der Waals surface area contributed by atoms with Gasteiger partial charge in [0.2, 0.25) is 0 Å².